The highest BCUT2D eigenvalue weighted by Crippen LogP contribution is 2.46. The quantitative estimate of drug-likeness (QED) is 0.825. The minimum absolute atomic E-state index is 0.142. The Morgan fingerprint density at radius 1 is 1.24 bits per heavy atom. The van der Waals surface area contributed by atoms with Crippen molar-refractivity contribution in [3.8, 4) is 0 Å². The SMILES string of the molecule is Cc1c(N2CC3CC[C@@H](CO)C3C2)c(F)cc2c(=O)c(C(=O)O)cn(C3CC3)c12. The molecule has 3 aliphatic rings. The fraction of sp³-hybridized carbons (Fsp3) is 0.545. The van der Waals surface area contributed by atoms with Crippen molar-refractivity contribution in [1.29, 1.82) is 0 Å². The van der Waals surface area contributed by atoms with Crippen LogP contribution in [0.25, 0.3) is 10.9 Å². The minimum atomic E-state index is -1.28. The summed E-state index contributed by atoms with van der Waals surface area (Å²) in [7, 11) is 0. The van der Waals surface area contributed by atoms with E-state index in [-0.39, 0.29) is 29.5 Å². The number of nitrogens with zero attached hydrogens (tertiary/aromatic N) is 2. The first kappa shape index (κ1) is 18.6. The molecular formula is C22H25FN2O4. The van der Waals surface area contributed by atoms with Gasteiger partial charge in [-0.2, -0.15) is 0 Å². The molecule has 0 spiro atoms. The highest BCUT2D eigenvalue weighted by Gasteiger charge is 2.43. The van der Waals surface area contributed by atoms with Gasteiger partial charge >= 0.3 is 5.97 Å². The van der Waals surface area contributed by atoms with Crippen molar-refractivity contribution in [1.82, 2.24) is 4.57 Å². The zero-order chi connectivity index (χ0) is 20.4. The molecule has 6 nitrogen and oxygen atoms in total. The van der Waals surface area contributed by atoms with E-state index in [2.05, 4.69) is 4.90 Å². The molecule has 1 aromatic heterocycles. The molecule has 7 heteroatoms. The molecule has 0 radical (unpaired) electrons. The number of benzene rings is 1. The number of aliphatic hydroxyl groups excluding tert-OH is 1. The number of aliphatic hydroxyl groups is 1. The smallest absolute Gasteiger partial charge is 0.341 e. The van der Waals surface area contributed by atoms with Crippen molar-refractivity contribution in [2.24, 2.45) is 17.8 Å². The number of aromatic carboxylic acids is 1. The zero-order valence-electron chi connectivity index (χ0n) is 16.4. The predicted molar refractivity (Wildman–Crippen MR) is 107 cm³/mol. The Balaban J connectivity index is 1.67. The van der Waals surface area contributed by atoms with E-state index in [9.17, 15) is 19.8 Å². The van der Waals surface area contributed by atoms with Gasteiger partial charge in [-0.15, -0.1) is 0 Å². The Hall–Kier alpha value is -2.41. The van der Waals surface area contributed by atoms with Gasteiger partial charge in [-0.25, -0.2) is 9.18 Å². The molecule has 2 N–H and O–H groups in total. The number of pyridine rings is 1. The Kier molecular flexibility index (Phi) is 4.21. The number of aryl methyl sites for hydroxylation is 1. The lowest BCUT2D eigenvalue weighted by atomic mass is 9.93. The van der Waals surface area contributed by atoms with E-state index in [0.29, 0.717) is 35.1 Å². The van der Waals surface area contributed by atoms with Gasteiger partial charge in [0.15, 0.2) is 0 Å². The summed E-state index contributed by atoms with van der Waals surface area (Å²) in [5.74, 6) is -0.652. The number of halogens is 1. The van der Waals surface area contributed by atoms with Crippen LogP contribution in [0.15, 0.2) is 17.1 Å². The number of hydrogen-bond acceptors (Lipinski definition) is 4. The summed E-state index contributed by atoms with van der Waals surface area (Å²) in [5.41, 5.74) is 0.922. The van der Waals surface area contributed by atoms with Gasteiger partial charge in [-0.1, -0.05) is 0 Å². The zero-order valence-corrected chi connectivity index (χ0v) is 16.4. The van der Waals surface area contributed by atoms with Crippen LogP contribution in [-0.2, 0) is 0 Å². The number of fused-ring (bicyclic) bond motifs is 2. The van der Waals surface area contributed by atoms with E-state index in [1.165, 1.54) is 12.3 Å². The van der Waals surface area contributed by atoms with Gasteiger partial charge in [0.2, 0.25) is 5.43 Å². The first-order valence-corrected chi connectivity index (χ1v) is 10.4. The van der Waals surface area contributed by atoms with Crippen molar-refractivity contribution < 1.29 is 19.4 Å². The first-order valence-electron chi connectivity index (χ1n) is 10.4. The van der Waals surface area contributed by atoms with Crippen molar-refractivity contribution in [3.05, 3.63) is 39.4 Å². The normalized spacial score (nSPS) is 26.3. The van der Waals surface area contributed by atoms with Gasteiger partial charge in [0.05, 0.1) is 11.2 Å². The topological polar surface area (TPSA) is 82.8 Å². The van der Waals surface area contributed by atoms with Crippen LogP contribution in [0.1, 0.15) is 47.6 Å². The molecule has 2 aliphatic carbocycles. The number of carboxylic acid groups (broad SMARTS) is 1. The van der Waals surface area contributed by atoms with Crippen LogP contribution in [-0.4, -0.2) is 40.4 Å². The molecule has 2 unspecified atom stereocenters. The second-order valence-corrected chi connectivity index (χ2v) is 8.89. The van der Waals surface area contributed by atoms with E-state index in [0.717, 1.165) is 32.2 Å². The minimum Gasteiger partial charge on any atom is -0.477 e. The van der Waals surface area contributed by atoms with Gasteiger partial charge in [-0.05, 0) is 62.0 Å². The van der Waals surface area contributed by atoms with E-state index in [1.54, 1.807) is 0 Å². The average Bonchev–Trinajstić information content (AvgIpc) is 3.33. The molecule has 2 heterocycles. The summed E-state index contributed by atoms with van der Waals surface area (Å²) >= 11 is 0. The lowest BCUT2D eigenvalue weighted by molar-refractivity contribution is 0.0695. The van der Waals surface area contributed by atoms with Gasteiger partial charge in [-0.3, -0.25) is 4.79 Å². The number of hydrogen-bond donors (Lipinski definition) is 2. The molecule has 0 amide bonds. The van der Waals surface area contributed by atoms with Crippen LogP contribution in [0.5, 0.6) is 0 Å². The van der Waals surface area contributed by atoms with Crippen LogP contribution in [0, 0.1) is 30.5 Å². The Morgan fingerprint density at radius 3 is 2.66 bits per heavy atom. The third kappa shape index (κ3) is 2.78. The molecular weight excluding hydrogens is 375 g/mol. The molecule has 2 aromatic rings. The van der Waals surface area contributed by atoms with Crippen LogP contribution in [0.2, 0.25) is 0 Å². The molecule has 3 fully saturated rings. The molecule has 0 bridgehead atoms. The molecule has 29 heavy (non-hydrogen) atoms. The summed E-state index contributed by atoms with van der Waals surface area (Å²) in [6, 6.07) is 1.38. The fourth-order valence-electron chi connectivity index (χ4n) is 5.64. The van der Waals surface area contributed by atoms with Crippen molar-refractivity contribution in [3.63, 3.8) is 0 Å². The van der Waals surface area contributed by atoms with Gasteiger partial charge in [0.1, 0.15) is 11.4 Å². The van der Waals surface area contributed by atoms with Crippen molar-refractivity contribution in [2.45, 2.75) is 38.6 Å². The number of carbonyl (C=O) groups is 1. The highest BCUT2D eigenvalue weighted by atomic mass is 19.1. The highest BCUT2D eigenvalue weighted by molar-refractivity contribution is 5.95. The third-order valence-electron chi connectivity index (χ3n) is 7.21. The van der Waals surface area contributed by atoms with Crippen LogP contribution in [0.3, 0.4) is 0 Å². The van der Waals surface area contributed by atoms with E-state index in [1.807, 2.05) is 11.5 Å². The first-order chi connectivity index (χ1) is 13.9. The van der Waals surface area contributed by atoms with Gasteiger partial charge in [0, 0.05) is 37.3 Å². The van der Waals surface area contributed by atoms with Gasteiger partial charge in [0.25, 0.3) is 0 Å². The predicted octanol–water partition coefficient (Wildman–Crippen LogP) is 2.94. The molecule has 1 saturated heterocycles. The monoisotopic (exact) mass is 400 g/mol. The molecule has 154 valence electrons. The van der Waals surface area contributed by atoms with E-state index < -0.39 is 17.2 Å². The molecule has 2 saturated carbocycles. The summed E-state index contributed by atoms with van der Waals surface area (Å²) in [5, 5.41) is 19.2. The second kappa shape index (κ2) is 6.55. The molecule has 1 aliphatic heterocycles. The number of anilines is 1. The Labute approximate surface area is 167 Å². The van der Waals surface area contributed by atoms with E-state index >= 15 is 4.39 Å². The third-order valence-corrected chi connectivity index (χ3v) is 7.21. The fourth-order valence-corrected chi connectivity index (χ4v) is 5.64. The largest absolute Gasteiger partial charge is 0.477 e. The van der Waals surface area contributed by atoms with Crippen LogP contribution in [0.4, 0.5) is 10.1 Å². The lowest BCUT2D eigenvalue weighted by Gasteiger charge is -2.26. The summed E-state index contributed by atoms with van der Waals surface area (Å²) in [4.78, 5) is 26.3. The maximum absolute atomic E-state index is 15.3. The summed E-state index contributed by atoms with van der Waals surface area (Å²) < 4.78 is 17.1. The summed E-state index contributed by atoms with van der Waals surface area (Å²) in [6.07, 6.45) is 5.36. The molecule has 5 rings (SSSR count). The number of carboxylic acids is 1. The maximum atomic E-state index is 15.3. The van der Waals surface area contributed by atoms with Gasteiger partial charge < -0.3 is 19.7 Å². The molecule has 1 aromatic carbocycles. The summed E-state index contributed by atoms with van der Waals surface area (Å²) in [6.45, 7) is 3.47. The Bertz CT molecular complexity index is 1070. The second-order valence-electron chi connectivity index (χ2n) is 8.89. The van der Waals surface area contributed by atoms with E-state index in [4.69, 9.17) is 0 Å². The Morgan fingerprint density at radius 2 is 2.00 bits per heavy atom. The standard InChI is InChI=1S/C22H25FN2O4/c1-11-19-15(21(27)17(22(28)29)9-25(19)14-4-5-14)6-18(23)20(11)24-7-12-2-3-13(10-26)16(12)8-24/h6,9,12-14,16,26H,2-5,7-8,10H2,1H3,(H,28,29)/t12?,13-,16?/m0/s1. The average molecular weight is 400 g/mol. The van der Waals surface area contributed by atoms with Crippen molar-refractivity contribution in [2.75, 3.05) is 24.6 Å². The lowest BCUT2D eigenvalue weighted by Crippen LogP contribution is -2.26. The van der Waals surface area contributed by atoms with Crippen molar-refractivity contribution >= 4 is 22.6 Å². The maximum Gasteiger partial charge on any atom is 0.341 e. The number of aromatic nitrogens is 1. The molecule has 3 atom stereocenters. The van der Waals surface area contributed by atoms with Crippen LogP contribution < -0.4 is 10.3 Å². The van der Waals surface area contributed by atoms with Crippen LogP contribution >= 0.6 is 0 Å². The number of rotatable bonds is 4.